The summed E-state index contributed by atoms with van der Waals surface area (Å²) in [5, 5.41) is 15.7. The van der Waals surface area contributed by atoms with Gasteiger partial charge in [0, 0.05) is 35.9 Å². The maximum atomic E-state index is 15.5. The largest absolute Gasteiger partial charge is 0.481 e. The topological polar surface area (TPSA) is 117 Å². The predicted octanol–water partition coefficient (Wildman–Crippen LogP) is 3.77. The number of carboxylic acids is 1. The number of hydrogen-bond donors (Lipinski definition) is 2. The van der Waals surface area contributed by atoms with Gasteiger partial charge in [-0.05, 0) is 33.3 Å². The van der Waals surface area contributed by atoms with Crippen LogP contribution in [0.2, 0.25) is 0 Å². The molecular formula is C28H31F4N5O5S. The Morgan fingerprint density at radius 1 is 1.30 bits per heavy atom. The average Bonchev–Trinajstić information content (AvgIpc) is 3.68. The lowest BCUT2D eigenvalue weighted by molar-refractivity contribution is -0.186. The monoisotopic (exact) mass is 625 g/mol. The molecule has 232 valence electrons. The first-order chi connectivity index (χ1) is 20.3. The number of amidine groups is 1. The summed E-state index contributed by atoms with van der Waals surface area (Å²) >= 11 is 1.21. The minimum atomic E-state index is -3.24. The molecule has 3 unspecified atom stereocenters. The number of aromatic nitrogens is 1. The number of hydroxylamine groups is 2. The van der Waals surface area contributed by atoms with Crippen molar-refractivity contribution in [3.05, 3.63) is 63.3 Å². The van der Waals surface area contributed by atoms with Crippen LogP contribution in [0.3, 0.4) is 0 Å². The molecule has 3 aliphatic heterocycles. The molecule has 1 aromatic heterocycles. The fraction of sp³-hybridized carbons (Fsp3) is 0.500. The molecule has 5 rings (SSSR count). The molecular weight excluding hydrogens is 594 g/mol. The number of benzene rings is 1. The number of rotatable bonds is 10. The molecule has 0 saturated carbocycles. The first-order valence-electron chi connectivity index (χ1n) is 13.7. The van der Waals surface area contributed by atoms with Crippen molar-refractivity contribution in [2.75, 3.05) is 32.8 Å². The molecule has 0 spiro atoms. The summed E-state index contributed by atoms with van der Waals surface area (Å²) in [7, 11) is 0. The number of likely N-dealkylation sites (tertiary alicyclic amines) is 1. The van der Waals surface area contributed by atoms with Crippen LogP contribution in [0.25, 0.3) is 0 Å². The van der Waals surface area contributed by atoms with Gasteiger partial charge in [0.25, 0.3) is 5.92 Å². The number of carboxylic acid groups (broad SMARTS) is 1. The molecule has 4 heterocycles. The van der Waals surface area contributed by atoms with Crippen molar-refractivity contribution in [3.63, 3.8) is 0 Å². The Balaban J connectivity index is 1.51. The highest BCUT2D eigenvalue weighted by Crippen LogP contribution is 2.42. The number of aliphatic imine (C=N–C) groups is 1. The third-order valence-electron chi connectivity index (χ3n) is 7.83. The van der Waals surface area contributed by atoms with Gasteiger partial charge in [-0.25, -0.2) is 27.3 Å². The third kappa shape index (κ3) is 6.03. The van der Waals surface area contributed by atoms with Gasteiger partial charge in [0.05, 0.1) is 36.8 Å². The maximum absolute atomic E-state index is 15.5. The van der Waals surface area contributed by atoms with E-state index in [0.717, 1.165) is 11.1 Å². The standard InChI is InChI=1S/C28H31F4N5O5S/c1-4-41-25(38)19-17(34-23(24-33-9-11-43-24)35-21(19)15-6-5-7-16(29)20(15)30)12-36-14-28(31,32)22-18(36)13-42-37(22)10-8-27(2,3)26(39)40/h5-7,9,11,18,21-22H,4,8,10,12-14H2,1-3H3,(H,34,35)(H,39,40). The summed E-state index contributed by atoms with van der Waals surface area (Å²) in [5.74, 6) is -7.32. The molecule has 0 aliphatic carbocycles. The molecule has 2 aromatic rings. The fourth-order valence-electron chi connectivity index (χ4n) is 5.47. The quantitative estimate of drug-likeness (QED) is 0.301. The number of alkyl halides is 2. The normalized spacial score (nSPS) is 24.1. The Morgan fingerprint density at radius 3 is 2.74 bits per heavy atom. The molecule has 1 aromatic carbocycles. The lowest BCUT2D eigenvalue weighted by Gasteiger charge is -2.30. The number of ether oxygens (including phenoxy) is 1. The highest BCUT2D eigenvalue weighted by Gasteiger charge is 2.61. The van der Waals surface area contributed by atoms with Crippen LogP contribution in [-0.4, -0.2) is 88.7 Å². The second-order valence-electron chi connectivity index (χ2n) is 11.2. The summed E-state index contributed by atoms with van der Waals surface area (Å²) in [6.07, 6.45) is 1.60. The summed E-state index contributed by atoms with van der Waals surface area (Å²) in [6, 6.07) is 0.00535. The van der Waals surface area contributed by atoms with Crippen molar-refractivity contribution >= 4 is 29.1 Å². The van der Waals surface area contributed by atoms with E-state index in [9.17, 15) is 19.1 Å². The molecule has 0 radical (unpaired) electrons. The zero-order valence-electron chi connectivity index (χ0n) is 23.7. The zero-order valence-corrected chi connectivity index (χ0v) is 24.5. The van der Waals surface area contributed by atoms with Crippen LogP contribution >= 0.6 is 11.3 Å². The van der Waals surface area contributed by atoms with Crippen LogP contribution in [0.15, 0.2) is 46.0 Å². The molecule has 2 saturated heterocycles. The minimum Gasteiger partial charge on any atom is -0.481 e. The Kier molecular flexibility index (Phi) is 8.62. The van der Waals surface area contributed by atoms with Gasteiger partial charge in [-0.2, -0.15) is 5.06 Å². The molecule has 3 atom stereocenters. The lowest BCUT2D eigenvalue weighted by atomic mass is 9.89. The van der Waals surface area contributed by atoms with Gasteiger partial charge in [0.2, 0.25) is 0 Å². The van der Waals surface area contributed by atoms with Gasteiger partial charge < -0.3 is 15.2 Å². The van der Waals surface area contributed by atoms with E-state index in [1.807, 2.05) is 0 Å². The Hall–Kier alpha value is -3.40. The van der Waals surface area contributed by atoms with E-state index in [1.54, 1.807) is 12.3 Å². The minimum absolute atomic E-state index is 0.0271. The molecule has 15 heteroatoms. The predicted molar refractivity (Wildman–Crippen MR) is 147 cm³/mol. The van der Waals surface area contributed by atoms with Gasteiger partial charge in [-0.15, -0.1) is 11.3 Å². The first-order valence-corrected chi connectivity index (χ1v) is 14.6. The lowest BCUT2D eigenvalue weighted by Crippen LogP contribution is -2.46. The number of halogens is 4. The Labute approximate surface area is 249 Å². The maximum Gasteiger partial charge on any atom is 0.338 e. The van der Waals surface area contributed by atoms with E-state index in [-0.39, 0.29) is 55.4 Å². The van der Waals surface area contributed by atoms with E-state index < -0.39 is 59.6 Å². The van der Waals surface area contributed by atoms with E-state index in [4.69, 9.17) is 9.57 Å². The summed E-state index contributed by atoms with van der Waals surface area (Å²) in [5.41, 5.74) is -1.38. The van der Waals surface area contributed by atoms with Gasteiger partial charge in [0.15, 0.2) is 22.5 Å². The molecule has 0 bridgehead atoms. The van der Waals surface area contributed by atoms with Crippen molar-refractivity contribution in [2.24, 2.45) is 10.4 Å². The van der Waals surface area contributed by atoms with Gasteiger partial charge in [-0.3, -0.25) is 19.5 Å². The first kappa shape index (κ1) is 31.0. The van der Waals surface area contributed by atoms with Crippen LogP contribution in [0.5, 0.6) is 0 Å². The molecule has 43 heavy (non-hydrogen) atoms. The summed E-state index contributed by atoms with van der Waals surface area (Å²) in [6.45, 7) is 3.55. The van der Waals surface area contributed by atoms with Crippen molar-refractivity contribution in [2.45, 2.75) is 51.2 Å². The Morgan fingerprint density at radius 2 is 2.07 bits per heavy atom. The number of carbonyl (C=O) groups is 2. The van der Waals surface area contributed by atoms with Crippen LogP contribution in [0.4, 0.5) is 17.6 Å². The van der Waals surface area contributed by atoms with Crippen LogP contribution in [0, 0.1) is 17.0 Å². The second kappa shape index (κ2) is 11.9. The van der Waals surface area contributed by atoms with E-state index in [1.165, 1.54) is 48.4 Å². The second-order valence-corrected chi connectivity index (χ2v) is 12.0. The highest BCUT2D eigenvalue weighted by molar-refractivity contribution is 7.11. The van der Waals surface area contributed by atoms with Crippen LogP contribution < -0.4 is 5.32 Å². The molecule has 3 aliphatic rings. The third-order valence-corrected chi connectivity index (χ3v) is 8.61. The fourth-order valence-corrected chi connectivity index (χ4v) is 6.05. The molecule has 10 nitrogen and oxygen atoms in total. The Bertz CT molecular complexity index is 1450. The highest BCUT2D eigenvalue weighted by atomic mass is 32.1. The average molecular weight is 626 g/mol. The number of esters is 1. The zero-order chi connectivity index (χ0) is 31.1. The number of aliphatic carboxylic acids is 1. The molecule has 2 fully saturated rings. The smallest absolute Gasteiger partial charge is 0.338 e. The number of nitrogens with zero attached hydrogens (tertiary/aromatic N) is 4. The van der Waals surface area contributed by atoms with Gasteiger partial charge >= 0.3 is 11.9 Å². The van der Waals surface area contributed by atoms with Crippen molar-refractivity contribution < 1.29 is 41.8 Å². The summed E-state index contributed by atoms with van der Waals surface area (Å²) < 4.78 is 65.8. The number of fused-ring (bicyclic) bond motifs is 1. The number of nitrogens with one attached hydrogen (secondary N) is 1. The van der Waals surface area contributed by atoms with Gasteiger partial charge in [-0.1, -0.05) is 12.1 Å². The van der Waals surface area contributed by atoms with E-state index >= 15 is 13.2 Å². The van der Waals surface area contributed by atoms with Crippen LogP contribution in [0.1, 0.15) is 43.8 Å². The van der Waals surface area contributed by atoms with E-state index in [2.05, 4.69) is 15.3 Å². The SMILES string of the molecule is CCOC(=O)C1=C(CN2CC(F)(F)C3C2CON3CCC(C)(C)C(=O)O)NC(c2nccs2)=NC1c1cccc(F)c1F. The van der Waals surface area contributed by atoms with Crippen LogP contribution in [-0.2, 0) is 19.2 Å². The van der Waals surface area contributed by atoms with Crippen molar-refractivity contribution in [1.29, 1.82) is 0 Å². The number of hydrogen-bond acceptors (Lipinski definition) is 10. The molecule has 0 amide bonds. The molecule has 2 N–H and O–H groups in total. The van der Waals surface area contributed by atoms with Crippen molar-refractivity contribution in [1.82, 2.24) is 20.3 Å². The number of thiazole rings is 1. The van der Waals surface area contributed by atoms with Gasteiger partial charge in [0.1, 0.15) is 12.1 Å². The summed E-state index contributed by atoms with van der Waals surface area (Å²) in [4.78, 5) is 40.7. The number of carbonyl (C=O) groups excluding carboxylic acids is 1. The van der Waals surface area contributed by atoms with E-state index in [0.29, 0.717) is 5.01 Å². The van der Waals surface area contributed by atoms with Crippen molar-refractivity contribution in [3.8, 4) is 0 Å².